The Morgan fingerprint density at radius 2 is 2.10 bits per heavy atom. The maximum Gasteiger partial charge on any atom is 0.251 e. The van der Waals surface area contributed by atoms with Crippen molar-refractivity contribution in [2.75, 3.05) is 23.9 Å². The van der Waals surface area contributed by atoms with Crippen LogP contribution in [0.25, 0.3) is 10.9 Å². The van der Waals surface area contributed by atoms with Gasteiger partial charge in [-0.25, -0.2) is 4.68 Å². The predicted molar refractivity (Wildman–Crippen MR) is 109 cm³/mol. The van der Waals surface area contributed by atoms with Crippen LogP contribution in [-0.2, 0) is 11.8 Å². The number of carbonyl (C=O) groups is 2. The molecule has 2 aliphatic heterocycles. The van der Waals surface area contributed by atoms with Crippen molar-refractivity contribution < 1.29 is 14.3 Å². The van der Waals surface area contributed by atoms with Gasteiger partial charge in [-0.3, -0.25) is 9.59 Å². The van der Waals surface area contributed by atoms with Gasteiger partial charge in [0.05, 0.1) is 29.4 Å². The van der Waals surface area contributed by atoms with Crippen molar-refractivity contribution in [1.82, 2.24) is 15.1 Å². The lowest BCUT2D eigenvalue weighted by molar-refractivity contribution is -0.117. The lowest BCUT2D eigenvalue weighted by Crippen LogP contribution is -2.44. The van der Waals surface area contributed by atoms with Crippen LogP contribution in [0.3, 0.4) is 0 Å². The summed E-state index contributed by atoms with van der Waals surface area (Å²) < 4.78 is 7.01. The highest BCUT2D eigenvalue weighted by atomic mass is 16.5. The van der Waals surface area contributed by atoms with E-state index in [1.807, 2.05) is 30.3 Å². The minimum absolute atomic E-state index is 0.0255. The third-order valence-electron chi connectivity index (χ3n) is 5.65. The van der Waals surface area contributed by atoms with Crippen molar-refractivity contribution in [2.45, 2.75) is 18.5 Å². The van der Waals surface area contributed by atoms with E-state index in [1.165, 1.54) is 0 Å². The second kappa shape index (κ2) is 6.51. The normalized spacial score (nSPS) is 20.2. The van der Waals surface area contributed by atoms with Gasteiger partial charge in [0.25, 0.3) is 5.91 Å². The Bertz CT molecular complexity index is 1140. The molecule has 0 spiro atoms. The number of methoxy groups -OCH3 is 1. The molecule has 1 aromatic heterocycles. The molecule has 1 saturated heterocycles. The van der Waals surface area contributed by atoms with Gasteiger partial charge in [0.1, 0.15) is 6.04 Å². The molecule has 2 aliphatic rings. The largest absolute Gasteiger partial charge is 0.481 e. The number of para-hydroxylation sites is 2. The van der Waals surface area contributed by atoms with Crippen LogP contribution >= 0.6 is 0 Å². The van der Waals surface area contributed by atoms with Gasteiger partial charge in [-0.1, -0.05) is 12.1 Å². The fourth-order valence-corrected chi connectivity index (χ4v) is 4.33. The van der Waals surface area contributed by atoms with Gasteiger partial charge >= 0.3 is 0 Å². The minimum atomic E-state index is -0.266. The van der Waals surface area contributed by atoms with E-state index in [9.17, 15) is 9.59 Å². The number of ether oxygens (including phenoxy) is 1. The van der Waals surface area contributed by atoms with E-state index in [2.05, 4.69) is 20.6 Å². The van der Waals surface area contributed by atoms with Crippen molar-refractivity contribution in [3.05, 3.63) is 48.0 Å². The first-order chi connectivity index (χ1) is 14.0. The zero-order valence-electron chi connectivity index (χ0n) is 16.2. The topological polar surface area (TPSA) is 88.5 Å². The highest BCUT2D eigenvalue weighted by Crippen LogP contribution is 2.36. The highest BCUT2D eigenvalue weighted by Gasteiger charge is 2.41. The summed E-state index contributed by atoms with van der Waals surface area (Å²) in [4.78, 5) is 27.4. The second-order valence-corrected chi connectivity index (χ2v) is 7.45. The van der Waals surface area contributed by atoms with Crippen LogP contribution in [0.2, 0.25) is 0 Å². The van der Waals surface area contributed by atoms with Crippen molar-refractivity contribution in [1.29, 1.82) is 0 Å². The third-order valence-corrected chi connectivity index (χ3v) is 5.65. The summed E-state index contributed by atoms with van der Waals surface area (Å²) in [7, 11) is 3.40. The van der Waals surface area contributed by atoms with E-state index in [0.29, 0.717) is 29.9 Å². The fraction of sp³-hybridized carbons (Fsp3) is 0.286. The van der Waals surface area contributed by atoms with Crippen LogP contribution in [0.1, 0.15) is 16.8 Å². The molecular weight excluding hydrogens is 370 g/mol. The Hall–Kier alpha value is -3.55. The minimum Gasteiger partial charge on any atom is -0.481 e. The van der Waals surface area contributed by atoms with Gasteiger partial charge in [0.15, 0.2) is 0 Å². The first-order valence-electron chi connectivity index (χ1n) is 9.53. The SMILES string of the molecule is COc1c2ccc(C(=O)NC3CC4C(=O)Nc5ccccc5N4C3)cc2nn1C. The van der Waals surface area contributed by atoms with E-state index in [-0.39, 0.29) is 23.9 Å². The zero-order chi connectivity index (χ0) is 20.1. The lowest BCUT2D eigenvalue weighted by Gasteiger charge is -2.32. The van der Waals surface area contributed by atoms with Crippen LogP contribution in [0.15, 0.2) is 42.5 Å². The van der Waals surface area contributed by atoms with E-state index in [1.54, 1.807) is 31.0 Å². The molecule has 148 valence electrons. The Morgan fingerprint density at radius 3 is 2.93 bits per heavy atom. The van der Waals surface area contributed by atoms with Crippen molar-refractivity contribution >= 4 is 34.1 Å². The van der Waals surface area contributed by atoms with Gasteiger partial charge in [0.2, 0.25) is 11.8 Å². The number of nitrogens with one attached hydrogen (secondary N) is 2. The predicted octanol–water partition coefficient (Wildman–Crippen LogP) is 1.91. The average Bonchev–Trinajstić information content (AvgIpc) is 3.27. The standard InChI is InChI=1S/C21H21N5O3/c1-25-21(29-2)14-8-7-12(9-16(14)24-25)19(27)22-13-10-18-20(28)23-15-5-3-4-6-17(15)26(18)11-13/h3-9,13,18H,10-11H2,1-2H3,(H,22,27)(H,23,28). The molecule has 1 fully saturated rings. The number of rotatable bonds is 3. The molecule has 3 heterocycles. The molecule has 2 amide bonds. The maximum atomic E-state index is 12.8. The summed E-state index contributed by atoms with van der Waals surface area (Å²) >= 11 is 0. The number of carbonyl (C=O) groups excluding carboxylic acids is 2. The zero-order valence-corrected chi connectivity index (χ0v) is 16.2. The summed E-state index contributed by atoms with van der Waals surface area (Å²) in [6.45, 7) is 0.598. The molecule has 0 aliphatic carbocycles. The summed E-state index contributed by atoms with van der Waals surface area (Å²) in [5.41, 5.74) is 3.05. The van der Waals surface area contributed by atoms with E-state index >= 15 is 0 Å². The number of anilines is 2. The smallest absolute Gasteiger partial charge is 0.251 e. The monoisotopic (exact) mass is 391 g/mol. The van der Waals surface area contributed by atoms with E-state index < -0.39 is 0 Å². The maximum absolute atomic E-state index is 12.8. The molecule has 3 aromatic rings. The third kappa shape index (κ3) is 2.79. The van der Waals surface area contributed by atoms with Crippen molar-refractivity contribution in [2.24, 2.45) is 7.05 Å². The van der Waals surface area contributed by atoms with Crippen molar-refractivity contribution in [3.63, 3.8) is 0 Å². The Labute approximate surface area is 167 Å². The number of fused-ring (bicyclic) bond motifs is 4. The molecule has 29 heavy (non-hydrogen) atoms. The van der Waals surface area contributed by atoms with Gasteiger partial charge < -0.3 is 20.3 Å². The summed E-state index contributed by atoms with van der Waals surface area (Å²) in [5.74, 6) is 0.460. The Morgan fingerprint density at radius 1 is 1.28 bits per heavy atom. The fourth-order valence-electron chi connectivity index (χ4n) is 4.33. The molecule has 0 bridgehead atoms. The lowest BCUT2D eigenvalue weighted by atomic mass is 10.1. The molecular formula is C21H21N5O3. The molecule has 0 radical (unpaired) electrons. The second-order valence-electron chi connectivity index (χ2n) is 7.45. The number of amides is 2. The quantitative estimate of drug-likeness (QED) is 0.712. The Balaban J connectivity index is 1.36. The van der Waals surface area contributed by atoms with Crippen LogP contribution in [-0.4, -0.2) is 47.3 Å². The molecule has 5 rings (SSSR count). The first kappa shape index (κ1) is 17.5. The number of hydrogen-bond acceptors (Lipinski definition) is 5. The molecule has 0 saturated carbocycles. The number of nitrogens with zero attached hydrogens (tertiary/aromatic N) is 3. The molecule has 2 unspecified atom stereocenters. The van der Waals surface area contributed by atoms with Crippen LogP contribution in [0.4, 0.5) is 11.4 Å². The van der Waals surface area contributed by atoms with Crippen LogP contribution < -0.4 is 20.3 Å². The number of hydrogen-bond donors (Lipinski definition) is 2. The van der Waals surface area contributed by atoms with Crippen LogP contribution in [0.5, 0.6) is 5.88 Å². The van der Waals surface area contributed by atoms with Crippen molar-refractivity contribution in [3.8, 4) is 5.88 Å². The summed E-state index contributed by atoms with van der Waals surface area (Å²) in [5, 5.41) is 11.3. The van der Waals surface area contributed by atoms with Crippen LogP contribution in [0, 0.1) is 0 Å². The van der Waals surface area contributed by atoms with Gasteiger partial charge in [0, 0.05) is 25.2 Å². The van der Waals surface area contributed by atoms with E-state index in [4.69, 9.17) is 4.74 Å². The molecule has 8 nitrogen and oxygen atoms in total. The van der Waals surface area contributed by atoms with Gasteiger partial charge in [-0.05, 0) is 36.8 Å². The molecule has 2 N–H and O–H groups in total. The molecule has 2 aromatic carbocycles. The molecule has 8 heteroatoms. The number of aromatic nitrogens is 2. The Kier molecular flexibility index (Phi) is 3.94. The molecule has 2 atom stereocenters. The van der Waals surface area contributed by atoms with Gasteiger partial charge in [-0.2, -0.15) is 5.10 Å². The first-order valence-corrected chi connectivity index (χ1v) is 9.53. The number of benzene rings is 2. The summed E-state index contributed by atoms with van der Waals surface area (Å²) in [6.07, 6.45) is 0.575. The summed E-state index contributed by atoms with van der Waals surface area (Å²) in [6, 6.07) is 12.7. The van der Waals surface area contributed by atoms with E-state index in [0.717, 1.165) is 16.8 Å². The van der Waals surface area contributed by atoms with Gasteiger partial charge in [-0.15, -0.1) is 0 Å². The average molecular weight is 391 g/mol. The number of aryl methyl sites for hydroxylation is 1. The highest BCUT2D eigenvalue weighted by molar-refractivity contribution is 6.04.